The summed E-state index contributed by atoms with van der Waals surface area (Å²) >= 11 is 3.37. The molecule has 3 nitrogen and oxygen atoms in total. The van der Waals surface area contributed by atoms with Gasteiger partial charge in [0.15, 0.2) is 0 Å². The molecule has 2 aromatic carbocycles. The second-order valence-electron chi connectivity index (χ2n) is 5.04. The molecule has 0 atom stereocenters. The normalized spacial score (nSPS) is 10.4. The number of benzene rings is 2. The van der Waals surface area contributed by atoms with Crippen molar-refractivity contribution >= 4 is 27.5 Å². The van der Waals surface area contributed by atoms with Gasteiger partial charge in [-0.05, 0) is 53.5 Å². The van der Waals surface area contributed by atoms with Crippen LogP contribution in [0.2, 0.25) is 0 Å². The highest BCUT2D eigenvalue weighted by Crippen LogP contribution is 2.21. The molecular formula is C17H19BrN2O. The number of halogens is 1. The summed E-state index contributed by atoms with van der Waals surface area (Å²) in [6.45, 7) is 5.31. The summed E-state index contributed by atoms with van der Waals surface area (Å²) in [6.07, 6.45) is 0. The third-order valence-electron chi connectivity index (χ3n) is 3.37. The predicted molar refractivity (Wildman–Crippen MR) is 90.1 cm³/mol. The Balaban J connectivity index is 2.20. The Morgan fingerprint density at radius 2 is 2.00 bits per heavy atom. The fourth-order valence-corrected chi connectivity index (χ4v) is 2.58. The SMILES string of the molecule is CCN(Cc1cccc(C)c1)C(=O)c1ccc(N)c(Br)c1. The second-order valence-corrected chi connectivity index (χ2v) is 5.90. The Morgan fingerprint density at radius 3 is 2.62 bits per heavy atom. The van der Waals surface area contributed by atoms with Crippen molar-refractivity contribution in [1.29, 1.82) is 0 Å². The zero-order chi connectivity index (χ0) is 15.4. The molecule has 0 fully saturated rings. The van der Waals surface area contributed by atoms with Gasteiger partial charge < -0.3 is 10.6 Å². The fraction of sp³-hybridized carbons (Fsp3) is 0.235. The van der Waals surface area contributed by atoms with Gasteiger partial charge in [0, 0.05) is 28.8 Å². The van der Waals surface area contributed by atoms with E-state index in [-0.39, 0.29) is 5.91 Å². The van der Waals surface area contributed by atoms with Crippen LogP contribution >= 0.6 is 15.9 Å². The molecule has 110 valence electrons. The molecule has 2 aromatic rings. The molecule has 0 radical (unpaired) electrons. The Labute approximate surface area is 133 Å². The van der Waals surface area contributed by atoms with Gasteiger partial charge in [-0.2, -0.15) is 0 Å². The molecule has 0 aliphatic heterocycles. The van der Waals surface area contributed by atoms with Gasteiger partial charge >= 0.3 is 0 Å². The molecule has 2 N–H and O–H groups in total. The minimum Gasteiger partial charge on any atom is -0.398 e. The number of anilines is 1. The Bertz CT molecular complexity index is 655. The molecule has 0 heterocycles. The molecule has 0 bridgehead atoms. The van der Waals surface area contributed by atoms with Gasteiger partial charge in [0.2, 0.25) is 0 Å². The molecule has 0 spiro atoms. The minimum absolute atomic E-state index is 0.0136. The molecule has 2 rings (SSSR count). The first-order valence-corrected chi connectivity index (χ1v) is 7.70. The molecule has 0 saturated carbocycles. The number of amides is 1. The average molecular weight is 347 g/mol. The van der Waals surface area contributed by atoms with Gasteiger partial charge in [0.1, 0.15) is 0 Å². The van der Waals surface area contributed by atoms with E-state index < -0.39 is 0 Å². The van der Waals surface area contributed by atoms with E-state index in [0.717, 1.165) is 10.0 Å². The Morgan fingerprint density at radius 1 is 1.24 bits per heavy atom. The summed E-state index contributed by atoms with van der Waals surface area (Å²) in [5, 5.41) is 0. The Hall–Kier alpha value is -1.81. The third kappa shape index (κ3) is 3.85. The van der Waals surface area contributed by atoms with Crippen molar-refractivity contribution in [2.45, 2.75) is 20.4 Å². The summed E-state index contributed by atoms with van der Waals surface area (Å²) in [4.78, 5) is 14.4. The van der Waals surface area contributed by atoms with Crippen LogP contribution in [0.25, 0.3) is 0 Å². The average Bonchev–Trinajstić information content (AvgIpc) is 2.47. The summed E-state index contributed by atoms with van der Waals surface area (Å²) < 4.78 is 0.750. The molecule has 0 saturated heterocycles. The van der Waals surface area contributed by atoms with Crippen LogP contribution in [0, 0.1) is 6.92 Å². The Kier molecular flexibility index (Phi) is 5.02. The maximum absolute atomic E-state index is 12.6. The first-order chi connectivity index (χ1) is 10.0. The van der Waals surface area contributed by atoms with E-state index in [1.165, 1.54) is 5.56 Å². The predicted octanol–water partition coefficient (Wildman–Crippen LogP) is 4.00. The number of aryl methyl sites for hydroxylation is 1. The molecule has 1 amide bonds. The van der Waals surface area contributed by atoms with Crippen LogP contribution in [-0.4, -0.2) is 17.4 Å². The highest BCUT2D eigenvalue weighted by Gasteiger charge is 2.15. The van der Waals surface area contributed by atoms with E-state index in [1.807, 2.05) is 24.0 Å². The lowest BCUT2D eigenvalue weighted by Crippen LogP contribution is -2.30. The quantitative estimate of drug-likeness (QED) is 0.850. The monoisotopic (exact) mass is 346 g/mol. The lowest BCUT2D eigenvalue weighted by Gasteiger charge is -2.21. The lowest BCUT2D eigenvalue weighted by molar-refractivity contribution is 0.0752. The highest BCUT2D eigenvalue weighted by atomic mass is 79.9. The van der Waals surface area contributed by atoms with Crippen molar-refractivity contribution in [2.24, 2.45) is 0 Å². The zero-order valence-electron chi connectivity index (χ0n) is 12.3. The van der Waals surface area contributed by atoms with Gasteiger partial charge in [-0.1, -0.05) is 29.8 Å². The van der Waals surface area contributed by atoms with E-state index in [1.54, 1.807) is 18.2 Å². The zero-order valence-corrected chi connectivity index (χ0v) is 13.9. The van der Waals surface area contributed by atoms with Gasteiger partial charge in [0.25, 0.3) is 5.91 Å². The molecule has 21 heavy (non-hydrogen) atoms. The maximum Gasteiger partial charge on any atom is 0.254 e. The van der Waals surface area contributed by atoms with Crippen LogP contribution in [0.15, 0.2) is 46.9 Å². The van der Waals surface area contributed by atoms with E-state index in [2.05, 4.69) is 35.0 Å². The smallest absolute Gasteiger partial charge is 0.254 e. The summed E-state index contributed by atoms with van der Waals surface area (Å²) in [7, 11) is 0. The molecular weight excluding hydrogens is 328 g/mol. The van der Waals surface area contributed by atoms with E-state index in [9.17, 15) is 4.79 Å². The number of nitrogen functional groups attached to an aromatic ring is 1. The van der Waals surface area contributed by atoms with Crippen LogP contribution < -0.4 is 5.73 Å². The van der Waals surface area contributed by atoms with Crippen molar-refractivity contribution in [2.75, 3.05) is 12.3 Å². The van der Waals surface area contributed by atoms with Crippen molar-refractivity contribution < 1.29 is 4.79 Å². The van der Waals surface area contributed by atoms with Crippen LogP contribution in [0.5, 0.6) is 0 Å². The first kappa shape index (κ1) is 15.6. The van der Waals surface area contributed by atoms with Crippen molar-refractivity contribution in [3.05, 3.63) is 63.6 Å². The molecule has 0 unspecified atom stereocenters. The molecule has 0 aliphatic carbocycles. The van der Waals surface area contributed by atoms with Gasteiger partial charge in [-0.15, -0.1) is 0 Å². The first-order valence-electron chi connectivity index (χ1n) is 6.91. The number of hydrogen-bond donors (Lipinski definition) is 1. The van der Waals surface area contributed by atoms with Gasteiger partial charge in [-0.25, -0.2) is 0 Å². The third-order valence-corrected chi connectivity index (χ3v) is 4.06. The van der Waals surface area contributed by atoms with Crippen LogP contribution in [0.4, 0.5) is 5.69 Å². The number of carbonyl (C=O) groups is 1. The number of nitrogens with zero attached hydrogens (tertiary/aromatic N) is 1. The van der Waals surface area contributed by atoms with E-state index in [0.29, 0.717) is 24.3 Å². The minimum atomic E-state index is 0.0136. The molecule has 0 aromatic heterocycles. The van der Waals surface area contributed by atoms with Crippen molar-refractivity contribution in [3.63, 3.8) is 0 Å². The number of carbonyl (C=O) groups excluding carboxylic acids is 1. The van der Waals surface area contributed by atoms with Gasteiger partial charge in [-0.3, -0.25) is 4.79 Å². The highest BCUT2D eigenvalue weighted by molar-refractivity contribution is 9.10. The molecule has 0 aliphatic rings. The fourth-order valence-electron chi connectivity index (χ4n) is 2.20. The topological polar surface area (TPSA) is 46.3 Å². The summed E-state index contributed by atoms with van der Waals surface area (Å²) in [5.74, 6) is 0.0136. The van der Waals surface area contributed by atoms with E-state index >= 15 is 0 Å². The summed E-state index contributed by atoms with van der Waals surface area (Å²) in [5.41, 5.74) is 9.38. The van der Waals surface area contributed by atoms with Crippen LogP contribution in [0.3, 0.4) is 0 Å². The number of hydrogen-bond acceptors (Lipinski definition) is 2. The van der Waals surface area contributed by atoms with Crippen LogP contribution in [0.1, 0.15) is 28.4 Å². The van der Waals surface area contributed by atoms with Crippen molar-refractivity contribution in [1.82, 2.24) is 4.90 Å². The number of rotatable bonds is 4. The standard InChI is InChI=1S/C17H19BrN2O/c1-3-20(11-13-6-4-5-12(2)9-13)17(21)14-7-8-16(19)15(18)10-14/h4-10H,3,11,19H2,1-2H3. The van der Waals surface area contributed by atoms with Crippen molar-refractivity contribution in [3.8, 4) is 0 Å². The van der Waals surface area contributed by atoms with Crippen LogP contribution in [-0.2, 0) is 6.54 Å². The second kappa shape index (κ2) is 6.76. The van der Waals surface area contributed by atoms with E-state index in [4.69, 9.17) is 5.73 Å². The van der Waals surface area contributed by atoms with Gasteiger partial charge in [0.05, 0.1) is 0 Å². The summed E-state index contributed by atoms with van der Waals surface area (Å²) in [6, 6.07) is 13.5. The lowest BCUT2D eigenvalue weighted by atomic mass is 10.1. The molecule has 4 heteroatoms. The number of nitrogens with two attached hydrogens (primary N) is 1. The maximum atomic E-state index is 12.6. The largest absolute Gasteiger partial charge is 0.398 e.